The molecule has 2 nitrogen and oxygen atoms in total. The Bertz CT molecular complexity index is 45.7. The second-order valence-electron chi connectivity index (χ2n) is 1.88. The van der Waals surface area contributed by atoms with Gasteiger partial charge in [-0.3, -0.25) is 0 Å². The first-order valence-corrected chi connectivity index (χ1v) is 3.35. The Kier molecular flexibility index (Phi) is 5.73. The fourth-order valence-corrected chi connectivity index (χ4v) is 0.825. The standard InChI is InChI=1S/C5H14NOP/c1-2-3-5(6)4-7-8/h5H,2-4,6,8H2,1H3. The first-order valence-electron chi connectivity index (χ1n) is 2.88. The summed E-state index contributed by atoms with van der Waals surface area (Å²) in [6, 6.07) is 0.220. The summed E-state index contributed by atoms with van der Waals surface area (Å²) in [7, 11) is 2.19. The Morgan fingerprint density at radius 2 is 2.38 bits per heavy atom. The Labute approximate surface area is 53.1 Å². The highest BCUT2D eigenvalue weighted by atomic mass is 31.0. The molecule has 0 aliphatic rings. The smallest absolute Gasteiger partial charge is 0.0653 e. The van der Waals surface area contributed by atoms with E-state index in [0.29, 0.717) is 6.61 Å². The highest BCUT2D eigenvalue weighted by Gasteiger charge is 1.96. The zero-order valence-electron chi connectivity index (χ0n) is 5.26. The second-order valence-corrected chi connectivity index (χ2v) is 2.22. The number of hydrogen-bond acceptors (Lipinski definition) is 2. The Morgan fingerprint density at radius 1 is 1.75 bits per heavy atom. The maximum Gasteiger partial charge on any atom is 0.0653 e. The first kappa shape index (κ1) is 8.35. The summed E-state index contributed by atoms with van der Waals surface area (Å²) in [5, 5.41) is 0. The quantitative estimate of drug-likeness (QED) is 0.582. The molecule has 0 fully saturated rings. The van der Waals surface area contributed by atoms with E-state index in [4.69, 9.17) is 10.3 Å². The molecule has 0 heterocycles. The van der Waals surface area contributed by atoms with Gasteiger partial charge in [0.05, 0.1) is 6.61 Å². The van der Waals surface area contributed by atoms with Crippen LogP contribution in [-0.4, -0.2) is 12.6 Å². The molecule has 0 bridgehead atoms. The molecule has 0 aromatic carbocycles. The van der Waals surface area contributed by atoms with E-state index >= 15 is 0 Å². The van der Waals surface area contributed by atoms with Gasteiger partial charge in [0.15, 0.2) is 0 Å². The topological polar surface area (TPSA) is 35.2 Å². The number of rotatable bonds is 4. The van der Waals surface area contributed by atoms with Gasteiger partial charge in [-0.1, -0.05) is 13.3 Å². The Balaban J connectivity index is 2.92. The molecule has 0 saturated carbocycles. The van der Waals surface area contributed by atoms with Crippen LogP contribution in [0.25, 0.3) is 0 Å². The molecule has 0 spiro atoms. The molecule has 0 radical (unpaired) electrons. The van der Waals surface area contributed by atoms with Crippen LogP contribution in [0.15, 0.2) is 0 Å². The summed E-state index contributed by atoms with van der Waals surface area (Å²) < 4.78 is 4.75. The van der Waals surface area contributed by atoms with Crippen molar-refractivity contribution < 1.29 is 4.52 Å². The highest BCUT2D eigenvalue weighted by Crippen LogP contribution is 1.95. The molecule has 0 rings (SSSR count). The fourth-order valence-electron chi connectivity index (χ4n) is 0.578. The number of hydrogen-bond donors (Lipinski definition) is 1. The lowest BCUT2D eigenvalue weighted by atomic mass is 10.2. The molecule has 0 aliphatic carbocycles. The Hall–Kier alpha value is 0.350. The van der Waals surface area contributed by atoms with Crippen LogP contribution in [0.5, 0.6) is 0 Å². The van der Waals surface area contributed by atoms with Gasteiger partial charge in [0.1, 0.15) is 0 Å². The van der Waals surface area contributed by atoms with E-state index in [1.54, 1.807) is 0 Å². The lowest BCUT2D eigenvalue weighted by Crippen LogP contribution is -2.23. The summed E-state index contributed by atoms with van der Waals surface area (Å²) in [6.45, 7) is 2.77. The minimum atomic E-state index is 0.220. The molecule has 2 atom stereocenters. The van der Waals surface area contributed by atoms with Crippen LogP contribution in [0.2, 0.25) is 0 Å². The second kappa shape index (κ2) is 5.49. The van der Waals surface area contributed by atoms with Crippen LogP contribution in [0, 0.1) is 0 Å². The van der Waals surface area contributed by atoms with Crippen molar-refractivity contribution in [2.75, 3.05) is 6.61 Å². The monoisotopic (exact) mass is 135 g/mol. The van der Waals surface area contributed by atoms with Gasteiger partial charge in [0, 0.05) is 15.5 Å². The van der Waals surface area contributed by atoms with Crippen molar-refractivity contribution in [1.29, 1.82) is 0 Å². The first-order chi connectivity index (χ1) is 3.81. The summed E-state index contributed by atoms with van der Waals surface area (Å²) >= 11 is 0. The highest BCUT2D eigenvalue weighted by molar-refractivity contribution is 7.09. The van der Waals surface area contributed by atoms with Gasteiger partial charge in [-0.25, -0.2) is 0 Å². The van der Waals surface area contributed by atoms with Crippen molar-refractivity contribution in [1.82, 2.24) is 0 Å². The van der Waals surface area contributed by atoms with E-state index in [9.17, 15) is 0 Å². The molecule has 3 heteroatoms. The van der Waals surface area contributed by atoms with Gasteiger partial charge in [0.25, 0.3) is 0 Å². The normalized spacial score (nSPS) is 13.9. The molecule has 50 valence electrons. The molecule has 0 aliphatic heterocycles. The van der Waals surface area contributed by atoms with Crippen LogP contribution in [0.1, 0.15) is 19.8 Å². The third kappa shape index (κ3) is 4.51. The van der Waals surface area contributed by atoms with Crippen molar-refractivity contribution in [3.63, 3.8) is 0 Å². The van der Waals surface area contributed by atoms with Crippen molar-refractivity contribution >= 4 is 9.47 Å². The van der Waals surface area contributed by atoms with E-state index in [-0.39, 0.29) is 6.04 Å². The lowest BCUT2D eigenvalue weighted by molar-refractivity contribution is 0.324. The molecule has 8 heavy (non-hydrogen) atoms. The molecule has 0 saturated heterocycles. The zero-order valence-corrected chi connectivity index (χ0v) is 6.42. The Morgan fingerprint density at radius 3 is 2.75 bits per heavy atom. The van der Waals surface area contributed by atoms with E-state index < -0.39 is 0 Å². The van der Waals surface area contributed by atoms with Crippen LogP contribution in [0.3, 0.4) is 0 Å². The van der Waals surface area contributed by atoms with E-state index in [2.05, 4.69) is 16.4 Å². The molecule has 0 amide bonds. The van der Waals surface area contributed by atoms with E-state index in [0.717, 1.165) is 12.8 Å². The average Bonchev–Trinajstić information content (AvgIpc) is 1.68. The minimum Gasteiger partial charge on any atom is -0.364 e. The molecular formula is C5H14NOP. The van der Waals surface area contributed by atoms with E-state index in [1.807, 2.05) is 0 Å². The maximum atomic E-state index is 5.56. The van der Waals surface area contributed by atoms with Crippen molar-refractivity contribution in [3.8, 4) is 0 Å². The van der Waals surface area contributed by atoms with Gasteiger partial charge in [-0.2, -0.15) is 0 Å². The van der Waals surface area contributed by atoms with Crippen molar-refractivity contribution in [3.05, 3.63) is 0 Å². The molecule has 2 N–H and O–H groups in total. The van der Waals surface area contributed by atoms with Gasteiger partial charge in [-0.05, 0) is 6.42 Å². The van der Waals surface area contributed by atoms with Crippen molar-refractivity contribution in [2.24, 2.45) is 5.73 Å². The summed E-state index contributed by atoms with van der Waals surface area (Å²) in [5.74, 6) is 0. The van der Waals surface area contributed by atoms with Crippen LogP contribution < -0.4 is 5.73 Å². The molecular weight excluding hydrogens is 121 g/mol. The SMILES string of the molecule is CCCC(N)COP. The largest absolute Gasteiger partial charge is 0.364 e. The molecule has 0 aromatic rings. The van der Waals surface area contributed by atoms with Gasteiger partial charge in [0.2, 0.25) is 0 Å². The fraction of sp³-hybridized carbons (Fsp3) is 1.00. The van der Waals surface area contributed by atoms with E-state index in [1.165, 1.54) is 0 Å². The third-order valence-corrected chi connectivity index (χ3v) is 1.16. The van der Waals surface area contributed by atoms with Crippen LogP contribution in [0.4, 0.5) is 0 Å². The predicted molar refractivity (Wildman–Crippen MR) is 38.5 cm³/mol. The maximum absolute atomic E-state index is 5.56. The zero-order chi connectivity index (χ0) is 6.41. The summed E-state index contributed by atoms with van der Waals surface area (Å²) in [5.41, 5.74) is 5.56. The van der Waals surface area contributed by atoms with Crippen LogP contribution in [-0.2, 0) is 4.52 Å². The predicted octanol–water partition coefficient (Wildman–Crippen LogP) is 0.920. The van der Waals surface area contributed by atoms with Crippen molar-refractivity contribution in [2.45, 2.75) is 25.8 Å². The van der Waals surface area contributed by atoms with Gasteiger partial charge < -0.3 is 10.3 Å². The third-order valence-electron chi connectivity index (χ3n) is 0.970. The van der Waals surface area contributed by atoms with Gasteiger partial charge >= 0.3 is 0 Å². The molecule has 2 unspecified atom stereocenters. The number of nitrogens with two attached hydrogens (primary N) is 1. The minimum absolute atomic E-state index is 0.220. The summed E-state index contributed by atoms with van der Waals surface area (Å²) in [6.07, 6.45) is 2.18. The molecule has 0 aromatic heterocycles. The van der Waals surface area contributed by atoms with Gasteiger partial charge in [-0.15, -0.1) is 0 Å². The lowest BCUT2D eigenvalue weighted by Gasteiger charge is -2.06. The summed E-state index contributed by atoms with van der Waals surface area (Å²) in [4.78, 5) is 0. The average molecular weight is 135 g/mol. The van der Waals surface area contributed by atoms with Crippen LogP contribution >= 0.6 is 9.47 Å².